The Morgan fingerprint density at radius 3 is 2.14 bits per heavy atom. The van der Waals surface area contributed by atoms with Crippen molar-refractivity contribution in [1.82, 2.24) is 9.62 Å². The van der Waals surface area contributed by atoms with Gasteiger partial charge in [-0.1, -0.05) is 50.2 Å². The molecule has 0 aliphatic carbocycles. The molecule has 3 aromatic carbocycles. The van der Waals surface area contributed by atoms with Crippen LogP contribution >= 0.6 is 0 Å². The average molecular weight is 528 g/mol. The third-order valence-corrected chi connectivity index (χ3v) is 7.74. The van der Waals surface area contributed by atoms with Crippen molar-refractivity contribution in [2.75, 3.05) is 25.5 Å². The van der Waals surface area contributed by atoms with Crippen LogP contribution in [0, 0.1) is 11.7 Å². The lowest BCUT2D eigenvalue weighted by molar-refractivity contribution is 0.0932. The van der Waals surface area contributed by atoms with E-state index in [0.717, 1.165) is 26.3 Å². The van der Waals surface area contributed by atoms with Crippen LogP contribution in [0.3, 0.4) is 0 Å². The van der Waals surface area contributed by atoms with Crippen LogP contribution in [-0.2, 0) is 16.8 Å². The highest BCUT2D eigenvalue weighted by atomic mass is 32.2. The minimum absolute atomic E-state index is 0.0472. The van der Waals surface area contributed by atoms with Crippen LogP contribution in [0.15, 0.2) is 72.8 Å². The zero-order chi connectivity index (χ0) is 27.2. The molecule has 0 spiro atoms. The van der Waals surface area contributed by atoms with Gasteiger partial charge in [0, 0.05) is 19.7 Å². The summed E-state index contributed by atoms with van der Waals surface area (Å²) in [4.78, 5) is 13.1. The number of anilines is 1. The van der Waals surface area contributed by atoms with Crippen molar-refractivity contribution in [3.05, 3.63) is 95.3 Å². The van der Waals surface area contributed by atoms with Gasteiger partial charge in [-0.05, 0) is 59.9 Å². The molecule has 1 amide bonds. The number of methoxy groups -OCH3 is 1. The molecule has 0 aliphatic heterocycles. The van der Waals surface area contributed by atoms with E-state index in [1.54, 1.807) is 37.4 Å². The number of ether oxygens (including phenoxy) is 1. The number of hydrogen-bond donors (Lipinski definition) is 1. The predicted octanol–water partition coefficient (Wildman–Crippen LogP) is 5.16. The molecule has 0 fully saturated rings. The number of rotatable bonds is 11. The number of nitrogens with zero attached hydrogens (tertiary/aromatic N) is 2. The van der Waals surface area contributed by atoms with Crippen LogP contribution in [0.1, 0.15) is 47.8 Å². The lowest BCUT2D eigenvalue weighted by Gasteiger charge is -2.28. The number of carbonyl (C=O) groups is 1. The van der Waals surface area contributed by atoms with Gasteiger partial charge in [-0.2, -0.15) is 12.7 Å². The largest absolute Gasteiger partial charge is 0.497 e. The van der Waals surface area contributed by atoms with Crippen molar-refractivity contribution in [3.8, 4) is 5.75 Å². The van der Waals surface area contributed by atoms with E-state index in [2.05, 4.69) is 19.2 Å². The van der Waals surface area contributed by atoms with Crippen molar-refractivity contribution >= 4 is 21.8 Å². The van der Waals surface area contributed by atoms with E-state index >= 15 is 0 Å². The maximum atomic E-state index is 14.5. The van der Waals surface area contributed by atoms with Gasteiger partial charge in [0.15, 0.2) is 0 Å². The normalized spacial score (nSPS) is 12.4. The third kappa shape index (κ3) is 7.08. The summed E-state index contributed by atoms with van der Waals surface area (Å²) in [5.74, 6) is 0.228. The fourth-order valence-corrected chi connectivity index (χ4v) is 5.00. The number of halogens is 1. The van der Waals surface area contributed by atoms with Crippen LogP contribution in [0.25, 0.3) is 0 Å². The Hall–Kier alpha value is -3.43. The van der Waals surface area contributed by atoms with Gasteiger partial charge in [-0.3, -0.25) is 9.10 Å². The average Bonchev–Trinajstić information content (AvgIpc) is 2.87. The quantitative estimate of drug-likeness (QED) is 0.373. The molecule has 1 atom stereocenters. The molecule has 0 aromatic heterocycles. The zero-order valence-corrected chi connectivity index (χ0v) is 22.6. The first-order valence-electron chi connectivity index (χ1n) is 12.0. The number of carbonyl (C=O) groups excluding carboxylic acids is 1. The maximum Gasteiger partial charge on any atom is 0.303 e. The van der Waals surface area contributed by atoms with Crippen molar-refractivity contribution in [3.63, 3.8) is 0 Å². The molecule has 3 aromatic rings. The Morgan fingerprint density at radius 2 is 1.59 bits per heavy atom. The first-order valence-corrected chi connectivity index (χ1v) is 13.4. The molecule has 3 rings (SSSR count). The van der Waals surface area contributed by atoms with E-state index in [4.69, 9.17) is 4.74 Å². The van der Waals surface area contributed by atoms with Gasteiger partial charge in [0.25, 0.3) is 5.91 Å². The molecular weight excluding hydrogens is 493 g/mol. The van der Waals surface area contributed by atoms with Crippen molar-refractivity contribution in [2.45, 2.75) is 32.9 Å². The summed E-state index contributed by atoms with van der Waals surface area (Å²) in [5, 5.41) is 3.11. The van der Waals surface area contributed by atoms with Crippen LogP contribution in [0.4, 0.5) is 10.1 Å². The Balaban J connectivity index is 1.81. The van der Waals surface area contributed by atoms with Gasteiger partial charge in [0.1, 0.15) is 11.6 Å². The molecule has 198 valence electrons. The molecule has 0 radical (unpaired) electrons. The molecule has 9 heteroatoms. The molecule has 0 saturated carbocycles. The second-order valence-electron chi connectivity index (χ2n) is 9.37. The molecule has 37 heavy (non-hydrogen) atoms. The summed E-state index contributed by atoms with van der Waals surface area (Å²) < 4.78 is 47.7. The number of benzene rings is 3. The van der Waals surface area contributed by atoms with Gasteiger partial charge in [0.2, 0.25) is 0 Å². The van der Waals surface area contributed by atoms with Crippen LogP contribution < -0.4 is 14.4 Å². The summed E-state index contributed by atoms with van der Waals surface area (Å²) in [6, 6.07) is 19.8. The smallest absolute Gasteiger partial charge is 0.303 e. The van der Waals surface area contributed by atoms with Gasteiger partial charge in [0.05, 0.1) is 25.4 Å². The van der Waals surface area contributed by atoms with Gasteiger partial charge in [-0.15, -0.1) is 0 Å². The fourth-order valence-electron chi connectivity index (χ4n) is 3.90. The van der Waals surface area contributed by atoms with Gasteiger partial charge in [-0.25, -0.2) is 4.39 Å². The zero-order valence-electron chi connectivity index (χ0n) is 21.8. The summed E-state index contributed by atoms with van der Waals surface area (Å²) in [6.07, 6.45) is 0.760. The fraction of sp³-hybridized carbons (Fsp3) is 0.321. The summed E-state index contributed by atoms with van der Waals surface area (Å²) in [7, 11) is 0.436. The molecule has 7 nitrogen and oxygen atoms in total. The number of nitrogens with one attached hydrogen (secondary N) is 1. The summed E-state index contributed by atoms with van der Waals surface area (Å²) in [5.41, 5.74) is 1.99. The maximum absolute atomic E-state index is 14.5. The molecule has 0 bridgehead atoms. The second-order valence-corrected chi connectivity index (χ2v) is 11.4. The van der Waals surface area contributed by atoms with E-state index in [9.17, 15) is 17.6 Å². The van der Waals surface area contributed by atoms with Crippen molar-refractivity contribution in [1.29, 1.82) is 0 Å². The minimum atomic E-state index is -3.96. The van der Waals surface area contributed by atoms with Crippen LogP contribution in [0.2, 0.25) is 0 Å². The first-order chi connectivity index (χ1) is 17.5. The van der Waals surface area contributed by atoms with Crippen molar-refractivity contribution in [2.24, 2.45) is 5.92 Å². The van der Waals surface area contributed by atoms with Crippen molar-refractivity contribution < 1.29 is 22.3 Å². The summed E-state index contributed by atoms with van der Waals surface area (Å²) in [6.45, 7) is 4.10. The monoisotopic (exact) mass is 527 g/mol. The Labute approximate surface area is 219 Å². The van der Waals surface area contributed by atoms with E-state index in [-0.39, 0.29) is 24.2 Å². The molecule has 0 aliphatic rings. The molecule has 0 saturated heterocycles. The highest BCUT2D eigenvalue weighted by Crippen LogP contribution is 2.26. The highest BCUT2D eigenvalue weighted by Gasteiger charge is 2.27. The Morgan fingerprint density at radius 1 is 0.973 bits per heavy atom. The van der Waals surface area contributed by atoms with E-state index in [1.165, 1.54) is 32.3 Å². The molecular formula is C28H34FN3O4S. The number of hydrogen-bond acceptors (Lipinski definition) is 4. The Kier molecular flexibility index (Phi) is 9.29. The van der Waals surface area contributed by atoms with E-state index in [0.29, 0.717) is 17.0 Å². The molecule has 1 N–H and O–H groups in total. The Bertz CT molecular complexity index is 1290. The topological polar surface area (TPSA) is 79.0 Å². The highest BCUT2D eigenvalue weighted by molar-refractivity contribution is 7.90. The van der Waals surface area contributed by atoms with E-state index in [1.807, 2.05) is 24.3 Å². The standard InChI is InChI=1S/C28H34FN3O4S/c1-20(2)18-26(22-14-16-24(36-5)17-15-22)30-28(33)23-12-10-21(11-13-23)19-32(37(34,35)31(3)4)27-9-7-6-8-25(27)29/h6-17,20,26H,18-19H2,1-5H3,(H,30,33)/t26-/m1/s1. The lowest BCUT2D eigenvalue weighted by Crippen LogP contribution is -2.40. The summed E-state index contributed by atoms with van der Waals surface area (Å²) >= 11 is 0. The molecule has 0 heterocycles. The second kappa shape index (κ2) is 12.2. The van der Waals surface area contributed by atoms with Gasteiger partial charge < -0.3 is 10.1 Å². The van der Waals surface area contributed by atoms with E-state index < -0.39 is 16.0 Å². The van der Waals surface area contributed by atoms with Crippen LogP contribution in [0.5, 0.6) is 5.75 Å². The SMILES string of the molecule is COc1ccc([C@@H](CC(C)C)NC(=O)c2ccc(CN(c3ccccc3F)S(=O)(=O)N(C)C)cc2)cc1. The lowest BCUT2D eigenvalue weighted by atomic mass is 9.96. The first kappa shape index (κ1) is 28.1. The number of amides is 1. The van der Waals surface area contributed by atoms with Gasteiger partial charge >= 0.3 is 10.2 Å². The third-order valence-electron chi connectivity index (χ3n) is 5.93. The number of para-hydroxylation sites is 1. The minimum Gasteiger partial charge on any atom is -0.497 e. The predicted molar refractivity (Wildman–Crippen MR) is 144 cm³/mol. The van der Waals surface area contributed by atoms with Crippen LogP contribution in [-0.4, -0.2) is 39.8 Å². The molecule has 0 unspecified atom stereocenters.